The van der Waals surface area contributed by atoms with Crippen molar-refractivity contribution in [1.29, 1.82) is 0 Å². The number of benzene rings is 2. The normalized spacial score (nSPS) is 10.1. The highest BCUT2D eigenvalue weighted by atomic mass is 35.5. The van der Waals surface area contributed by atoms with Crippen molar-refractivity contribution in [1.82, 2.24) is 0 Å². The third kappa shape index (κ3) is 2.46. The number of hydrogen-bond donors (Lipinski definition) is 0. The van der Waals surface area contributed by atoms with Gasteiger partial charge in [-0.05, 0) is 36.8 Å². The molecule has 0 aromatic heterocycles. The van der Waals surface area contributed by atoms with Gasteiger partial charge in [0.15, 0.2) is 0 Å². The van der Waals surface area contributed by atoms with Crippen LogP contribution in [-0.4, -0.2) is 6.09 Å². The molecule has 1 amide bonds. The summed E-state index contributed by atoms with van der Waals surface area (Å²) >= 11 is 6.09. The lowest BCUT2D eigenvalue weighted by Gasteiger charge is -2.19. The monoisotopic (exact) mass is 260 g/mol. The van der Waals surface area contributed by atoms with Crippen LogP contribution in [0.15, 0.2) is 48.5 Å². The third-order valence-corrected chi connectivity index (χ3v) is 2.84. The van der Waals surface area contributed by atoms with Crippen LogP contribution in [0.4, 0.5) is 16.2 Å². The molecule has 2 aromatic rings. The smallest absolute Gasteiger partial charge is 0.242 e. The minimum Gasteiger partial charge on any atom is -0.242 e. The van der Waals surface area contributed by atoms with E-state index in [1.807, 2.05) is 13.0 Å². The summed E-state index contributed by atoms with van der Waals surface area (Å²) < 4.78 is 0. The van der Waals surface area contributed by atoms with Gasteiger partial charge in [-0.15, -0.1) is 0 Å². The summed E-state index contributed by atoms with van der Waals surface area (Å²) in [5.41, 5.74) is 1.87. The largest absolute Gasteiger partial charge is 0.462 e. The molecule has 0 aliphatic rings. The minimum absolute atomic E-state index is 0.378. The molecule has 0 saturated heterocycles. The Morgan fingerprint density at radius 2 is 1.78 bits per heavy atom. The zero-order valence-corrected chi connectivity index (χ0v) is 10.5. The summed E-state index contributed by atoms with van der Waals surface area (Å²) in [7, 11) is 0. The van der Waals surface area contributed by atoms with Crippen molar-refractivity contribution >= 4 is 29.1 Å². The van der Waals surface area contributed by atoms with Crippen molar-refractivity contribution in [2.24, 2.45) is 0 Å². The quantitative estimate of drug-likeness (QED) is 0.792. The number of rotatable bonds is 2. The number of halogens is 1. The summed E-state index contributed by atoms with van der Waals surface area (Å²) in [6.45, 7) is 1.89. The van der Waals surface area contributed by atoms with E-state index in [0.717, 1.165) is 10.5 Å². The molecule has 1 radical (unpaired) electrons. The molecule has 0 atom stereocenters. The number of anilines is 2. The van der Waals surface area contributed by atoms with Crippen LogP contribution < -0.4 is 4.90 Å². The van der Waals surface area contributed by atoms with E-state index in [-0.39, 0.29) is 0 Å². The maximum atomic E-state index is 11.3. The number of amides is 1. The number of nitrogens with zero attached hydrogens (tertiary/aromatic N) is 1. The molecule has 2 aromatic carbocycles. The van der Waals surface area contributed by atoms with E-state index in [1.165, 1.54) is 0 Å². The highest BCUT2D eigenvalue weighted by Crippen LogP contribution is 2.32. The molecule has 0 heterocycles. The summed E-state index contributed by atoms with van der Waals surface area (Å²) in [4.78, 5) is 12.4. The fourth-order valence-electron chi connectivity index (χ4n) is 1.71. The third-order valence-electron chi connectivity index (χ3n) is 2.54. The van der Waals surface area contributed by atoms with E-state index in [1.54, 1.807) is 42.5 Å². The summed E-state index contributed by atoms with van der Waals surface area (Å²) in [5.74, 6) is 0. The van der Waals surface area contributed by atoms with E-state index in [9.17, 15) is 9.90 Å². The zero-order chi connectivity index (χ0) is 13.1. The van der Waals surface area contributed by atoms with Gasteiger partial charge in [-0.3, -0.25) is 0 Å². The Labute approximate surface area is 110 Å². The van der Waals surface area contributed by atoms with Crippen LogP contribution in [0.3, 0.4) is 0 Å². The molecule has 18 heavy (non-hydrogen) atoms. The topological polar surface area (TPSA) is 40.2 Å². The highest BCUT2D eigenvalue weighted by Gasteiger charge is 2.20. The Hall–Kier alpha value is -2.00. The number of carbonyl (C=O) groups excluding carboxylic acids is 1. The Bertz CT molecular complexity index is 569. The van der Waals surface area contributed by atoms with Crippen LogP contribution in [-0.2, 0) is 5.11 Å². The van der Waals surface area contributed by atoms with Gasteiger partial charge in [0.1, 0.15) is 0 Å². The van der Waals surface area contributed by atoms with Crippen molar-refractivity contribution < 1.29 is 9.90 Å². The Morgan fingerprint density at radius 3 is 2.33 bits per heavy atom. The van der Waals surface area contributed by atoms with Crippen LogP contribution in [0.25, 0.3) is 0 Å². The van der Waals surface area contributed by atoms with Crippen LogP contribution in [0.5, 0.6) is 0 Å². The zero-order valence-electron chi connectivity index (χ0n) is 9.76. The second-order valence-electron chi connectivity index (χ2n) is 3.89. The van der Waals surface area contributed by atoms with Gasteiger partial charge in [-0.25, -0.2) is 14.8 Å². The van der Waals surface area contributed by atoms with Gasteiger partial charge >= 0.3 is 6.09 Å². The van der Waals surface area contributed by atoms with Crippen LogP contribution in [0.1, 0.15) is 5.56 Å². The fourth-order valence-corrected chi connectivity index (χ4v) is 2.03. The lowest BCUT2D eigenvalue weighted by molar-refractivity contribution is 0.179. The van der Waals surface area contributed by atoms with Gasteiger partial charge in [0.2, 0.25) is 0 Å². The number of carbonyl (C=O) groups is 1. The number of hydrogen-bond acceptors (Lipinski definition) is 1. The first kappa shape index (κ1) is 12.5. The van der Waals surface area contributed by atoms with E-state index in [2.05, 4.69) is 0 Å². The van der Waals surface area contributed by atoms with E-state index >= 15 is 0 Å². The molecule has 0 N–H and O–H groups in total. The first-order chi connectivity index (χ1) is 8.59. The molecule has 2 rings (SSSR count). The first-order valence-electron chi connectivity index (χ1n) is 5.42. The molecular weight excluding hydrogens is 250 g/mol. The Morgan fingerprint density at radius 1 is 1.11 bits per heavy atom. The molecule has 0 spiro atoms. The maximum Gasteiger partial charge on any atom is 0.462 e. The number of para-hydroxylation sites is 1. The first-order valence-corrected chi connectivity index (χ1v) is 5.79. The molecule has 0 bridgehead atoms. The lowest BCUT2D eigenvalue weighted by atomic mass is 10.2. The summed E-state index contributed by atoms with van der Waals surface area (Å²) in [6.07, 6.45) is -1.31. The standard InChI is InChI=1S/C14H11ClNO2/c1-10-7-8-13(12(15)9-10)16(14(17)18)11-5-3-2-4-6-11/h2-9H,1H3. The molecular formula is C14H11ClNO2. The molecule has 4 heteroatoms. The van der Waals surface area contributed by atoms with E-state index in [0.29, 0.717) is 16.4 Å². The van der Waals surface area contributed by atoms with E-state index in [4.69, 9.17) is 11.6 Å². The van der Waals surface area contributed by atoms with Gasteiger partial charge in [-0.1, -0.05) is 35.9 Å². The Balaban J connectivity index is 2.52. The molecule has 0 aliphatic carbocycles. The number of aryl methyl sites for hydroxylation is 1. The van der Waals surface area contributed by atoms with E-state index < -0.39 is 6.09 Å². The molecule has 0 fully saturated rings. The lowest BCUT2D eigenvalue weighted by Crippen LogP contribution is -2.22. The average Bonchev–Trinajstić information content (AvgIpc) is 2.33. The van der Waals surface area contributed by atoms with Crippen molar-refractivity contribution in [3.05, 3.63) is 59.1 Å². The average molecular weight is 261 g/mol. The summed E-state index contributed by atoms with van der Waals surface area (Å²) in [5, 5.41) is 11.7. The predicted molar refractivity (Wildman–Crippen MR) is 70.9 cm³/mol. The van der Waals surface area contributed by atoms with Crippen molar-refractivity contribution in [2.75, 3.05) is 4.90 Å². The van der Waals surface area contributed by atoms with Crippen LogP contribution in [0, 0.1) is 6.92 Å². The second kappa shape index (κ2) is 5.10. The van der Waals surface area contributed by atoms with Crippen molar-refractivity contribution in [2.45, 2.75) is 6.92 Å². The van der Waals surface area contributed by atoms with Crippen molar-refractivity contribution in [3.8, 4) is 0 Å². The molecule has 3 nitrogen and oxygen atoms in total. The van der Waals surface area contributed by atoms with Gasteiger partial charge in [0, 0.05) is 0 Å². The predicted octanol–water partition coefficient (Wildman–Crippen LogP) is 4.34. The highest BCUT2D eigenvalue weighted by molar-refractivity contribution is 6.34. The molecule has 91 valence electrons. The van der Waals surface area contributed by atoms with Gasteiger partial charge < -0.3 is 0 Å². The second-order valence-corrected chi connectivity index (χ2v) is 4.30. The van der Waals surface area contributed by atoms with Gasteiger partial charge in [-0.2, -0.15) is 0 Å². The SMILES string of the molecule is Cc1ccc(N(C([O])=O)c2ccccc2)c(Cl)c1. The summed E-state index contributed by atoms with van der Waals surface area (Å²) in [6, 6.07) is 13.9. The molecule has 0 aliphatic heterocycles. The van der Waals surface area contributed by atoms with Gasteiger partial charge in [0.25, 0.3) is 0 Å². The molecule has 0 unspecified atom stereocenters. The van der Waals surface area contributed by atoms with Crippen LogP contribution >= 0.6 is 11.6 Å². The van der Waals surface area contributed by atoms with Crippen molar-refractivity contribution in [3.63, 3.8) is 0 Å². The minimum atomic E-state index is -1.31. The molecule has 0 saturated carbocycles. The van der Waals surface area contributed by atoms with Gasteiger partial charge in [0.05, 0.1) is 16.4 Å². The van der Waals surface area contributed by atoms with Crippen LogP contribution in [0.2, 0.25) is 5.02 Å². The Kier molecular flexibility index (Phi) is 3.53. The fraction of sp³-hybridized carbons (Fsp3) is 0.0714. The maximum absolute atomic E-state index is 11.3.